The number of nitrogens with zero attached hydrogens (tertiary/aromatic N) is 1. The molecule has 0 unspecified atom stereocenters. The Balaban J connectivity index is 2.13. The summed E-state index contributed by atoms with van der Waals surface area (Å²) in [5.74, 6) is -0.0708. The van der Waals surface area contributed by atoms with E-state index < -0.39 is 5.97 Å². The minimum Gasteiger partial charge on any atom is -0.494 e. The number of carboxylic acid groups (broad SMARTS) is 1. The Labute approximate surface area is 99.4 Å². The van der Waals surface area contributed by atoms with Crippen LogP contribution in [0.25, 0.3) is 0 Å². The fraction of sp³-hybridized carbons (Fsp3) is 0.417. The number of unbranched alkanes of at least 4 members (excludes halogenated alkanes) is 2. The van der Waals surface area contributed by atoms with E-state index in [1.807, 2.05) is 0 Å². The molecule has 1 N–H and O–H groups in total. The van der Waals surface area contributed by atoms with Crippen LogP contribution in [0, 0.1) is 4.91 Å². The summed E-state index contributed by atoms with van der Waals surface area (Å²) in [4.78, 5) is 20.4. The van der Waals surface area contributed by atoms with Crippen LogP contribution < -0.4 is 4.74 Å². The first kappa shape index (κ1) is 13.2. The van der Waals surface area contributed by atoms with Gasteiger partial charge < -0.3 is 9.84 Å². The summed E-state index contributed by atoms with van der Waals surface area (Å²) in [6.07, 6.45) is 2.54. The Kier molecular flexibility index (Phi) is 5.71. The smallest absolute Gasteiger partial charge is 0.303 e. The van der Waals surface area contributed by atoms with Gasteiger partial charge in [-0.1, -0.05) is 0 Å². The molecule has 1 aromatic rings. The summed E-state index contributed by atoms with van der Waals surface area (Å²) in [6, 6.07) is 6.56. The fourth-order valence-electron chi connectivity index (χ4n) is 1.35. The predicted molar refractivity (Wildman–Crippen MR) is 63.5 cm³/mol. The molecule has 0 bridgehead atoms. The summed E-state index contributed by atoms with van der Waals surface area (Å²) >= 11 is 0. The molecule has 17 heavy (non-hydrogen) atoms. The highest BCUT2D eigenvalue weighted by Gasteiger charge is 1.98. The van der Waals surface area contributed by atoms with Gasteiger partial charge in [0.25, 0.3) is 0 Å². The molecule has 0 aromatic heterocycles. The van der Waals surface area contributed by atoms with Gasteiger partial charge >= 0.3 is 5.97 Å². The minimum atomic E-state index is -0.761. The van der Waals surface area contributed by atoms with Crippen molar-refractivity contribution in [2.75, 3.05) is 6.61 Å². The van der Waals surface area contributed by atoms with Gasteiger partial charge in [-0.05, 0) is 48.7 Å². The maximum absolute atomic E-state index is 10.2. The van der Waals surface area contributed by atoms with E-state index in [0.717, 1.165) is 12.8 Å². The molecule has 0 saturated carbocycles. The molecule has 0 fully saturated rings. The first-order chi connectivity index (χ1) is 8.22. The predicted octanol–water partition coefficient (Wildman–Crippen LogP) is 3.11. The number of hydrogen-bond acceptors (Lipinski definition) is 4. The molecule has 0 amide bonds. The Hall–Kier alpha value is -1.91. The second-order valence-electron chi connectivity index (χ2n) is 3.64. The van der Waals surface area contributed by atoms with Crippen LogP contribution in [0.3, 0.4) is 0 Å². The summed E-state index contributed by atoms with van der Waals surface area (Å²) in [7, 11) is 0. The molecule has 92 valence electrons. The minimum absolute atomic E-state index is 0.208. The number of aliphatic carboxylic acids is 1. The van der Waals surface area contributed by atoms with E-state index in [-0.39, 0.29) is 6.42 Å². The third-order valence-electron chi connectivity index (χ3n) is 2.25. The lowest BCUT2D eigenvalue weighted by atomic mass is 10.2. The maximum Gasteiger partial charge on any atom is 0.303 e. The lowest BCUT2D eigenvalue weighted by Crippen LogP contribution is -1.98. The highest BCUT2D eigenvalue weighted by atomic mass is 16.5. The quantitative estimate of drug-likeness (QED) is 0.556. The number of ether oxygens (including phenoxy) is 1. The van der Waals surface area contributed by atoms with Crippen LogP contribution in [0.2, 0.25) is 0 Å². The summed E-state index contributed by atoms with van der Waals surface area (Å²) in [6.45, 7) is 0.549. The lowest BCUT2D eigenvalue weighted by Gasteiger charge is -2.05. The van der Waals surface area contributed by atoms with Crippen LogP contribution in [0.4, 0.5) is 5.69 Å². The van der Waals surface area contributed by atoms with Crippen molar-refractivity contribution in [2.24, 2.45) is 5.18 Å². The SMILES string of the molecule is O=Nc1ccc(OCCCCCC(=O)O)cc1. The molecule has 0 aliphatic heterocycles. The van der Waals surface area contributed by atoms with Gasteiger partial charge in [-0.3, -0.25) is 4.79 Å². The molecule has 0 aliphatic carbocycles. The average molecular weight is 237 g/mol. The lowest BCUT2D eigenvalue weighted by molar-refractivity contribution is -0.137. The van der Waals surface area contributed by atoms with Gasteiger partial charge in [0.05, 0.1) is 6.61 Å². The fourth-order valence-corrected chi connectivity index (χ4v) is 1.35. The van der Waals surface area contributed by atoms with Crippen molar-refractivity contribution in [3.8, 4) is 5.75 Å². The van der Waals surface area contributed by atoms with Crippen molar-refractivity contribution >= 4 is 11.7 Å². The molecule has 0 radical (unpaired) electrons. The van der Waals surface area contributed by atoms with Gasteiger partial charge in [0.1, 0.15) is 11.4 Å². The first-order valence-electron chi connectivity index (χ1n) is 5.50. The number of benzene rings is 1. The third kappa shape index (κ3) is 5.65. The van der Waals surface area contributed by atoms with E-state index in [4.69, 9.17) is 9.84 Å². The van der Waals surface area contributed by atoms with Gasteiger partial charge in [-0.25, -0.2) is 0 Å². The largest absolute Gasteiger partial charge is 0.494 e. The standard InChI is InChI=1S/C12H15NO4/c14-12(15)4-2-1-3-9-17-11-7-5-10(13-16)6-8-11/h5-8H,1-4,9H2,(H,14,15). The van der Waals surface area contributed by atoms with Gasteiger partial charge in [0.2, 0.25) is 0 Å². The van der Waals surface area contributed by atoms with E-state index in [2.05, 4.69) is 5.18 Å². The van der Waals surface area contributed by atoms with Gasteiger partial charge in [0.15, 0.2) is 0 Å². The second kappa shape index (κ2) is 7.38. The maximum atomic E-state index is 10.2. The summed E-state index contributed by atoms with van der Waals surface area (Å²) < 4.78 is 5.42. The second-order valence-corrected chi connectivity index (χ2v) is 3.64. The van der Waals surface area contributed by atoms with E-state index in [1.54, 1.807) is 24.3 Å². The summed E-state index contributed by atoms with van der Waals surface area (Å²) in [5, 5.41) is 11.2. The molecule has 1 aromatic carbocycles. The normalized spacial score (nSPS) is 9.88. The Morgan fingerprint density at radius 3 is 2.47 bits per heavy atom. The highest BCUT2D eigenvalue weighted by Crippen LogP contribution is 2.17. The topological polar surface area (TPSA) is 76.0 Å². The van der Waals surface area contributed by atoms with Crippen molar-refractivity contribution in [3.05, 3.63) is 29.2 Å². The number of nitroso groups, excluding NO2 is 1. The number of rotatable bonds is 8. The van der Waals surface area contributed by atoms with Crippen LogP contribution in [0.5, 0.6) is 5.75 Å². The molecule has 0 heterocycles. The third-order valence-corrected chi connectivity index (χ3v) is 2.25. The van der Waals surface area contributed by atoms with Crippen molar-refractivity contribution in [3.63, 3.8) is 0 Å². The molecule has 1 rings (SSSR count). The highest BCUT2D eigenvalue weighted by molar-refractivity contribution is 5.66. The van der Waals surface area contributed by atoms with Gasteiger partial charge in [0, 0.05) is 6.42 Å². The Morgan fingerprint density at radius 1 is 1.18 bits per heavy atom. The van der Waals surface area contributed by atoms with E-state index >= 15 is 0 Å². The molecule has 5 nitrogen and oxygen atoms in total. The zero-order valence-corrected chi connectivity index (χ0v) is 9.46. The number of hydrogen-bond donors (Lipinski definition) is 1. The van der Waals surface area contributed by atoms with Crippen LogP contribution in [0.1, 0.15) is 25.7 Å². The van der Waals surface area contributed by atoms with Crippen LogP contribution >= 0.6 is 0 Å². The zero-order valence-electron chi connectivity index (χ0n) is 9.46. The molecule has 5 heteroatoms. The molecule has 0 aliphatic rings. The molecule has 0 atom stereocenters. The zero-order chi connectivity index (χ0) is 12.5. The van der Waals surface area contributed by atoms with Crippen LogP contribution in [0.15, 0.2) is 29.4 Å². The summed E-state index contributed by atoms with van der Waals surface area (Å²) in [5.41, 5.74) is 0.374. The average Bonchev–Trinajstić information content (AvgIpc) is 2.34. The van der Waals surface area contributed by atoms with Crippen LogP contribution in [-0.2, 0) is 4.79 Å². The van der Waals surface area contributed by atoms with Crippen molar-refractivity contribution < 1.29 is 14.6 Å². The van der Waals surface area contributed by atoms with Gasteiger partial charge in [-0.15, -0.1) is 4.91 Å². The van der Waals surface area contributed by atoms with E-state index in [1.165, 1.54) is 0 Å². The van der Waals surface area contributed by atoms with Crippen molar-refractivity contribution in [1.82, 2.24) is 0 Å². The Bertz CT molecular complexity index is 361. The number of carbonyl (C=O) groups is 1. The number of carboxylic acids is 1. The molecular formula is C12H15NO4. The molecular weight excluding hydrogens is 222 g/mol. The first-order valence-corrected chi connectivity index (χ1v) is 5.50. The van der Waals surface area contributed by atoms with Gasteiger partial charge in [-0.2, -0.15) is 0 Å². The van der Waals surface area contributed by atoms with E-state index in [9.17, 15) is 9.70 Å². The van der Waals surface area contributed by atoms with Crippen molar-refractivity contribution in [2.45, 2.75) is 25.7 Å². The molecule has 0 saturated heterocycles. The monoisotopic (exact) mass is 237 g/mol. The van der Waals surface area contributed by atoms with Crippen LogP contribution in [-0.4, -0.2) is 17.7 Å². The molecule has 0 spiro atoms. The van der Waals surface area contributed by atoms with E-state index in [0.29, 0.717) is 24.5 Å². The van der Waals surface area contributed by atoms with Crippen molar-refractivity contribution in [1.29, 1.82) is 0 Å². The Morgan fingerprint density at radius 2 is 1.88 bits per heavy atom.